The van der Waals surface area contributed by atoms with E-state index >= 15 is 0 Å². The third-order valence-corrected chi connectivity index (χ3v) is 6.73. The number of aromatic amines is 1. The lowest BCUT2D eigenvalue weighted by Gasteiger charge is -2.11. The van der Waals surface area contributed by atoms with Gasteiger partial charge in [-0.15, -0.1) is 11.3 Å². The minimum atomic E-state index is -0.322. The summed E-state index contributed by atoms with van der Waals surface area (Å²) in [6.07, 6.45) is 4.65. The minimum absolute atomic E-state index is 0.293. The first-order chi connectivity index (χ1) is 19.5. The van der Waals surface area contributed by atoms with Crippen molar-refractivity contribution in [3.8, 4) is 11.6 Å². The van der Waals surface area contributed by atoms with E-state index in [1.54, 1.807) is 42.6 Å². The number of hydrogen-bond acceptors (Lipinski definition) is 8. The molecule has 0 radical (unpaired) electrons. The molecule has 0 aliphatic heterocycles. The molecule has 0 atom stereocenters. The van der Waals surface area contributed by atoms with Gasteiger partial charge in [-0.25, -0.2) is 9.97 Å². The lowest BCUT2D eigenvalue weighted by Crippen LogP contribution is -2.12. The smallest absolute Gasteiger partial charge is 0.255 e. The standard InChI is InChI=1S/C29H21N7O3S/c1-2-24(37)32-19-8-6-17(7-9-19)27(38)33-20-4-3-5-21(15-20)34-29-35-23-11-13-40-25(23)28(36-29)39-22-14-18-10-12-30-26(18)31-16-22/h2-16H,1H2,(H,30,31)(H,32,37)(H,33,38)(H,34,35,36). The Labute approximate surface area is 231 Å². The molecule has 0 saturated heterocycles. The van der Waals surface area contributed by atoms with Crippen LogP contribution in [-0.4, -0.2) is 31.8 Å². The number of carbonyl (C=O) groups excluding carboxylic acids is 2. The van der Waals surface area contributed by atoms with E-state index in [1.165, 1.54) is 17.4 Å². The summed E-state index contributed by atoms with van der Waals surface area (Å²) in [5, 5.41) is 11.6. The van der Waals surface area contributed by atoms with Crippen molar-refractivity contribution in [1.29, 1.82) is 0 Å². The van der Waals surface area contributed by atoms with Crippen molar-refractivity contribution < 1.29 is 14.3 Å². The van der Waals surface area contributed by atoms with Gasteiger partial charge in [-0.3, -0.25) is 9.59 Å². The number of rotatable bonds is 8. The predicted octanol–water partition coefficient (Wildman–Crippen LogP) is 6.48. The highest BCUT2D eigenvalue weighted by Crippen LogP contribution is 2.33. The highest BCUT2D eigenvalue weighted by Gasteiger charge is 2.13. The number of anilines is 4. The molecule has 10 nitrogen and oxygen atoms in total. The molecule has 0 aliphatic carbocycles. The highest BCUT2D eigenvalue weighted by atomic mass is 32.1. The maximum atomic E-state index is 12.8. The maximum Gasteiger partial charge on any atom is 0.255 e. The Morgan fingerprint density at radius 2 is 1.80 bits per heavy atom. The van der Waals surface area contributed by atoms with Gasteiger partial charge in [0.2, 0.25) is 17.7 Å². The number of pyridine rings is 1. The number of fused-ring (bicyclic) bond motifs is 2. The summed E-state index contributed by atoms with van der Waals surface area (Å²) in [6.45, 7) is 3.42. The van der Waals surface area contributed by atoms with E-state index in [4.69, 9.17) is 4.74 Å². The molecule has 196 valence electrons. The summed E-state index contributed by atoms with van der Waals surface area (Å²) >= 11 is 1.49. The Morgan fingerprint density at radius 1 is 0.950 bits per heavy atom. The molecule has 0 bridgehead atoms. The molecule has 4 aromatic heterocycles. The first-order valence-electron chi connectivity index (χ1n) is 12.1. The summed E-state index contributed by atoms with van der Waals surface area (Å²) in [7, 11) is 0. The van der Waals surface area contributed by atoms with Gasteiger partial charge in [0.25, 0.3) is 5.91 Å². The second kappa shape index (κ2) is 10.7. The van der Waals surface area contributed by atoms with Gasteiger partial charge in [0.1, 0.15) is 16.1 Å². The topological polar surface area (TPSA) is 134 Å². The van der Waals surface area contributed by atoms with Crippen LogP contribution in [0.4, 0.5) is 23.0 Å². The second-order valence-corrected chi connectivity index (χ2v) is 9.52. The van der Waals surface area contributed by atoms with Gasteiger partial charge >= 0.3 is 0 Å². The summed E-state index contributed by atoms with van der Waals surface area (Å²) in [5.74, 6) is 0.705. The molecular formula is C29H21N7O3S. The number of carbonyl (C=O) groups is 2. The Kier molecular flexibility index (Phi) is 6.61. The Balaban J connectivity index is 1.19. The van der Waals surface area contributed by atoms with E-state index in [0.717, 1.165) is 21.3 Å². The number of nitrogens with one attached hydrogen (secondary N) is 4. The zero-order valence-corrected chi connectivity index (χ0v) is 21.7. The first kappa shape index (κ1) is 24.8. The van der Waals surface area contributed by atoms with Crippen molar-refractivity contribution >= 4 is 67.4 Å². The minimum Gasteiger partial charge on any atom is -0.436 e. The van der Waals surface area contributed by atoms with Gasteiger partial charge in [-0.1, -0.05) is 12.6 Å². The van der Waals surface area contributed by atoms with Gasteiger partial charge < -0.3 is 25.7 Å². The highest BCUT2D eigenvalue weighted by molar-refractivity contribution is 7.17. The maximum absolute atomic E-state index is 12.8. The number of benzene rings is 2. The molecule has 6 aromatic rings. The third-order valence-electron chi connectivity index (χ3n) is 5.84. The predicted molar refractivity (Wildman–Crippen MR) is 157 cm³/mol. The van der Waals surface area contributed by atoms with Gasteiger partial charge in [0, 0.05) is 34.2 Å². The number of amides is 2. The van der Waals surface area contributed by atoms with E-state index in [9.17, 15) is 9.59 Å². The average molecular weight is 548 g/mol. The molecular weight excluding hydrogens is 526 g/mol. The average Bonchev–Trinajstić information content (AvgIpc) is 3.63. The summed E-state index contributed by atoms with van der Waals surface area (Å²) in [4.78, 5) is 40.9. The van der Waals surface area contributed by atoms with Crippen LogP contribution in [0.15, 0.2) is 97.2 Å². The Bertz CT molecular complexity index is 1880. The van der Waals surface area contributed by atoms with Crippen molar-refractivity contribution in [3.63, 3.8) is 0 Å². The fourth-order valence-corrected chi connectivity index (χ4v) is 4.71. The van der Waals surface area contributed by atoms with Crippen LogP contribution in [0.1, 0.15) is 10.4 Å². The van der Waals surface area contributed by atoms with Crippen LogP contribution in [0.2, 0.25) is 0 Å². The lowest BCUT2D eigenvalue weighted by molar-refractivity contribution is -0.111. The van der Waals surface area contributed by atoms with E-state index in [-0.39, 0.29) is 11.8 Å². The van der Waals surface area contributed by atoms with Crippen molar-refractivity contribution in [2.75, 3.05) is 16.0 Å². The van der Waals surface area contributed by atoms with E-state index in [1.807, 2.05) is 41.9 Å². The quantitative estimate of drug-likeness (QED) is 0.160. The Hall–Kier alpha value is -5.55. The normalized spacial score (nSPS) is 10.8. The van der Waals surface area contributed by atoms with Crippen molar-refractivity contribution in [2.24, 2.45) is 0 Å². The van der Waals surface area contributed by atoms with Gasteiger partial charge in [-0.2, -0.15) is 4.98 Å². The van der Waals surface area contributed by atoms with Crippen LogP contribution in [0, 0.1) is 0 Å². The monoisotopic (exact) mass is 547 g/mol. The molecule has 2 amide bonds. The number of thiophene rings is 1. The van der Waals surface area contributed by atoms with Crippen LogP contribution in [0.3, 0.4) is 0 Å². The van der Waals surface area contributed by atoms with E-state index < -0.39 is 0 Å². The number of aromatic nitrogens is 4. The fourth-order valence-electron chi connectivity index (χ4n) is 3.95. The number of ether oxygens (including phenoxy) is 1. The van der Waals surface area contributed by atoms with E-state index in [2.05, 4.69) is 42.5 Å². The van der Waals surface area contributed by atoms with Crippen LogP contribution in [-0.2, 0) is 4.79 Å². The number of hydrogen-bond donors (Lipinski definition) is 4. The van der Waals surface area contributed by atoms with Crippen LogP contribution in [0.5, 0.6) is 11.6 Å². The third kappa shape index (κ3) is 5.35. The second-order valence-electron chi connectivity index (χ2n) is 8.61. The molecule has 4 heterocycles. The molecule has 11 heteroatoms. The first-order valence-corrected chi connectivity index (χ1v) is 13.0. The molecule has 40 heavy (non-hydrogen) atoms. The van der Waals surface area contributed by atoms with Crippen molar-refractivity contribution in [1.82, 2.24) is 19.9 Å². The molecule has 0 saturated carbocycles. The Morgan fingerprint density at radius 3 is 2.65 bits per heavy atom. The fraction of sp³-hybridized carbons (Fsp3) is 0. The number of nitrogens with zero attached hydrogens (tertiary/aromatic N) is 3. The lowest BCUT2D eigenvalue weighted by atomic mass is 10.2. The summed E-state index contributed by atoms with van der Waals surface area (Å²) in [6, 6.07) is 19.5. The van der Waals surface area contributed by atoms with E-state index in [0.29, 0.717) is 40.2 Å². The molecule has 2 aromatic carbocycles. The van der Waals surface area contributed by atoms with Crippen LogP contribution < -0.4 is 20.7 Å². The van der Waals surface area contributed by atoms with Crippen LogP contribution >= 0.6 is 11.3 Å². The zero-order valence-electron chi connectivity index (χ0n) is 20.8. The zero-order chi connectivity index (χ0) is 27.5. The van der Waals surface area contributed by atoms with Gasteiger partial charge in [0.15, 0.2) is 0 Å². The number of H-pyrrole nitrogens is 1. The molecule has 0 aliphatic rings. The molecule has 0 unspecified atom stereocenters. The molecule has 0 spiro atoms. The van der Waals surface area contributed by atoms with Gasteiger partial charge in [-0.05, 0) is 72.1 Å². The molecule has 0 fully saturated rings. The largest absolute Gasteiger partial charge is 0.436 e. The van der Waals surface area contributed by atoms with Gasteiger partial charge in [0.05, 0.1) is 11.7 Å². The van der Waals surface area contributed by atoms with Crippen molar-refractivity contribution in [3.05, 3.63) is 103 Å². The summed E-state index contributed by atoms with van der Waals surface area (Å²) < 4.78 is 6.94. The molecule has 6 rings (SSSR count). The summed E-state index contributed by atoms with van der Waals surface area (Å²) in [5.41, 5.74) is 3.79. The van der Waals surface area contributed by atoms with Crippen LogP contribution in [0.25, 0.3) is 21.3 Å². The molecule has 4 N–H and O–H groups in total. The van der Waals surface area contributed by atoms with Crippen molar-refractivity contribution in [2.45, 2.75) is 0 Å². The SMILES string of the molecule is C=CC(=O)Nc1ccc(C(=O)Nc2cccc(Nc3nc(Oc4cnc5[nH]ccc5c4)c4sccc4n3)c2)cc1.